The van der Waals surface area contributed by atoms with E-state index in [0.29, 0.717) is 36.6 Å². The largest absolute Gasteiger partial charge is 0.455 e. The van der Waals surface area contributed by atoms with Crippen LogP contribution in [0.15, 0.2) is 286 Å². The van der Waals surface area contributed by atoms with E-state index in [9.17, 15) is 0 Å². The van der Waals surface area contributed by atoms with Crippen molar-refractivity contribution in [1.29, 1.82) is 0 Å². The zero-order valence-corrected chi connectivity index (χ0v) is 52.1. The topological polar surface area (TPSA) is 57.9 Å². The highest BCUT2D eigenvalue weighted by Gasteiger charge is 2.29. The summed E-state index contributed by atoms with van der Waals surface area (Å²) in [7, 11) is 0. The van der Waals surface area contributed by atoms with Gasteiger partial charge < -0.3 is 28.4 Å². The number of anilines is 8. The van der Waals surface area contributed by atoms with E-state index in [1.54, 1.807) is 30.3 Å². The molecule has 440 valence electrons. The Morgan fingerprint density at radius 3 is 1.14 bits per heavy atom. The van der Waals surface area contributed by atoms with E-state index < -0.39 is 6.85 Å². The number of benzene rings is 14. The van der Waals surface area contributed by atoms with E-state index in [1.165, 1.54) is 5.39 Å². The average molecular weight is 1260 g/mol. The van der Waals surface area contributed by atoms with Gasteiger partial charge in [-0.2, -0.15) is 0 Å². The first-order chi connectivity index (χ1) is 45.8. The Labute approximate surface area is 549 Å². The lowest BCUT2D eigenvalue weighted by Gasteiger charge is -2.31. The molecule has 0 aliphatic rings. The molecule has 0 saturated heterocycles. The fourth-order valence-corrected chi connectivity index (χ4v) is 13.4. The Balaban J connectivity index is 0.000000174. The summed E-state index contributed by atoms with van der Waals surface area (Å²) in [5, 5.41) is 17.5. The van der Waals surface area contributed by atoms with Crippen LogP contribution >= 0.6 is 46.4 Å². The lowest BCUT2D eigenvalue weighted by atomic mass is 10.0. The molecule has 0 unspecified atom stereocenters. The smallest absolute Gasteiger partial charge is 0.145 e. The predicted molar refractivity (Wildman–Crippen MR) is 387 cm³/mol. The first-order valence-corrected chi connectivity index (χ1v) is 31.3. The molecule has 0 bridgehead atoms. The molecule has 0 fully saturated rings. The molecule has 3 aromatic heterocycles. The first-order valence-electron chi connectivity index (χ1n) is 31.2. The molecule has 17 rings (SSSR count). The number of nitrogens with one attached hydrogen (secondary N) is 1. The van der Waals surface area contributed by atoms with E-state index in [2.05, 4.69) is 175 Å². The Kier molecular flexibility index (Phi) is 14.2. The van der Waals surface area contributed by atoms with Crippen molar-refractivity contribution in [3.05, 3.63) is 310 Å². The van der Waals surface area contributed by atoms with Crippen molar-refractivity contribution in [3.8, 4) is 0 Å². The van der Waals surface area contributed by atoms with Crippen molar-refractivity contribution in [2.75, 3.05) is 15.1 Å². The zero-order valence-electron chi connectivity index (χ0n) is 52.1. The molecule has 3 heterocycles. The van der Waals surface area contributed by atoms with E-state index in [0.717, 1.165) is 133 Å². The van der Waals surface area contributed by atoms with Crippen molar-refractivity contribution in [2.45, 2.75) is 20.7 Å². The molecular formula is C81H55Cl4N3O3. The van der Waals surface area contributed by atoms with Crippen molar-refractivity contribution >= 4 is 190 Å². The van der Waals surface area contributed by atoms with Crippen LogP contribution in [0.1, 0.15) is 20.8 Å². The van der Waals surface area contributed by atoms with Gasteiger partial charge >= 0.3 is 0 Å². The number of aryl methyl sites for hydroxylation is 3. The summed E-state index contributed by atoms with van der Waals surface area (Å²) in [6.07, 6.45) is 0. The number of halogens is 4. The van der Waals surface area contributed by atoms with Gasteiger partial charge in [0.2, 0.25) is 0 Å². The van der Waals surface area contributed by atoms with Crippen molar-refractivity contribution in [3.63, 3.8) is 0 Å². The van der Waals surface area contributed by atoms with Crippen molar-refractivity contribution < 1.29 is 17.4 Å². The van der Waals surface area contributed by atoms with Crippen molar-refractivity contribution in [2.24, 2.45) is 0 Å². The Hall–Kier alpha value is -10.2. The van der Waals surface area contributed by atoms with Crippen molar-refractivity contribution in [1.82, 2.24) is 0 Å². The molecule has 0 radical (unpaired) electrons. The van der Waals surface area contributed by atoms with Crippen LogP contribution in [-0.2, 0) is 0 Å². The van der Waals surface area contributed by atoms with Gasteiger partial charge in [-0.05, 0) is 132 Å². The van der Waals surface area contributed by atoms with Crippen LogP contribution in [-0.4, -0.2) is 0 Å². The van der Waals surface area contributed by atoms with Crippen LogP contribution in [0.5, 0.6) is 0 Å². The van der Waals surface area contributed by atoms with Gasteiger partial charge in [-0.3, -0.25) is 0 Å². The quantitative estimate of drug-likeness (QED) is 0.153. The normalized spacial score (nSPS) is 12.1. The molecule has 0 saturated carbocycles. The predicted octanol–water partition coefficient (Wildman–Crippen LogP) is 26.4. The van der Waals surface area contributed by atoms with Gasteiger partial charge in [0.15, 0.2) is 0 Å². The van der Waals surface area contributed by atoms with Gasteiger partial charge in [-0.1, -0.05) is 241 Å². The maximum absolute atomic E-state index is 8.41. The SMILES string of the molecule is Cc1cccc2c1oc1c3ccccc3cc(Nc3ccccc3)c21.Clc1cccc(Cl)c1Cl.[2H]C([2H])([2H])c1cccc2c1oc1c3ccccc3cc(N(c3ccccc3)c3cccc(N(c4ccccc4)c4cc5ccccc5c5oc6c(C)cccc6c45)c3Cl)c21. The maximum Gasteiger partial charge on any atom is 0.145 e. The number of hydrogen-bond acceptors (Lipinski definition) is 6. The van der Waals surface area contributed by atoms with Gasteiger partial charge in [0, 0.05) is 53.5 Å². The monoisotopic (exact) mass is 1260 g/mol. The van der Waals surface area contributed by atoms with E-state index >= 15 is 0 Å². The zero-order chi connectivity index (χ0) is 64.4. The summed E-state index contributed by atoms with van der Waals surface area (Å²) >= 11 is 24.7. The number of rotatable bonds is 8. The molecule has 0 atom stereocenters. The van der Waals surface area contributed by atoms with E-state index in [-0.39, 0.29) is 5.56 Å². The third kappa shape index (κ3) is 10.3. The van der Waals surface area contributed by atoms with E-state index in [4.69, 9.17) is 63.8 Å². The minimum atomic E-state index is -2.38. The molecule has 0 aliphatic carbocycles. The molecule has 0 spiro atoms. The number of hydrogen-bond donors (Lipinski definition) is 1. The Morgan fingerprint density at radius 1 is 0.319 bits per heavy atom. The number of nitrogens with zero attached hydrogens (tertiary/aromatic N) is 2. The van der Waals surface area contributed by atoms with Crippen LogP contribution in [0.4, 0.5) is 45.5 Å². The van der Waals surface area contributed by atoms with Gasteiger partial charge in [0.05, 0.1) is 64.7 Å². The Bertz CT molecular complexity index is 5740. The summed E-state index contributed by atoms with van der Waals surface area (Å²) in [4.78, 5) is 4.39. The van der Waals surface area contributed by atoms with Crippen LogP contribution in [0.2, 0.25) is 20.1 Å². The van der Waals surface area contributed by atoms with Crippen LogP contribution in [0.3, 0.4) is 0 Å². The molecule has 1 N–H and O–H groups in total. The molecule has 17 aromatic rings. The summed E-state index contributed by atoms with van der Waals surface area (Å²) in [6.45, 7) is 1.79. The van der Waals surface area contributed by atoms with Gasteiger partial charge in [0.25, 0.3) is 0 Å². The lowest BCUT2D eigenvalue weighted by Crippen LogP contribution is -2.15. The highest BCUT2D eigenvalue weighted by atomic mass is 35.5. The standard InChI is InChI=1S/C52H35ClN2O2.C23H17NO.C6H3Cl3/c1-32-16-13-26-40-46-44(30-34-18-9-11-24-38(34)51(46)56-49(32)40)54(36-20-5-3-6-21-36)42-28-15-29-43(48(42)53)55(37-22-7-4-8-23-37)45-31-35-19-10-12-25-39(35)52-47(45)41-27-14-17-33(2)50(41)57-52;1-15-8-7-13-19-21-20(24-17-10-3-2-4-11-17)14-16-9-5-6-12-18(16)23(21)25-22(15)19;7-4-2-1-3-5(8)6(4)9/h3-31H,1-2H3;2-14,24H,1H3;1-3H/i1D3;;. The minimum absolute atomic E-state index is 0.166. The fourth-order valence-electron chi connectivity index (χ4n) is 12.6. The molecule has 6 nitrogen and oxygen atoms in total. The number of fused-ring (bicyclic) bond motifs is 15. The average Bonchev–Trinajstić information content (AvgIpc) is 1.52. The Morgan fingerprint density at radius 2 is 0.681 bits per heavy atom. The molecule has 0 amide bonds. The number of para-hydroxylation sites is 6. The van der Waals surface area contributed by atoms with E-state index in [1.807, 2.05) is 97.1 Å². The maximum atomic E-state index is 8.41. The number of furan rings is 3. The van der Waals surface area contributed by atoms with Gasteiger partial charge in [0.1, 0.15) is 33.5 Å². The first kappa shape index (κ1) is 53.8. The second kappa shape index (κ2) is 24.0. The third-order valence-electron chi connectivity index (χ3n) is 16.7. The van der Waals surface area contributed by atoms with Crippen LogP contribution in [0.25, 0.3) is 98.1 Å². The highest BCUT2D eigenvalue weighted by molar-refractivity contribution is 6.48. The van der Waals surface area contributed by atoms with Crippen LogP contribution < -0.4 is 15.1 Å². The summed E-state index contributed by atoms with van der Waals surface area (Å²) in [6, 6.07) is 91.2. The minimum Gasteiger partial charge on any atom is -0.455 e. The highest BCUT2D eigenvalue weighted by Crippen LogP contribution is 2.53. The van der Waals surface area contributed by atoms with Crippen LogP contribution in [0, 0.1) is 20.7 Å². The summed E-state index contributed by atoms with van der Waals surface area (Å²) in [5.74, 6) is 0. The second-order valence-corrected chi connectivity index (χ2v) is 23.9. The molecule has 14 aromatic carbocycles. The van der Waals surface area contributed by atoms with Gasteiger partial charge in [-0.25, -0.2) is 0 Å². The molecular weight excluding hydrogens is 1200 g/mol. The second-order valence-electron chi connectivity index (χ2n) is 22.4. The molecule has 10 heteroatoms. The lowest BCUT2D eigenvalue weighted by molar-refractivity contribution is 0.669. The van der Waals surface area contributed by atoms with Gasteiger partial charge in [-0.15, -0.1) is 0 Å². The summed E-state index contributed by atoms with van der Waals surface area (Å²) in [5.41, 5.74) is 14.0. The third-order valence-corrected chi connectivity index (χ3v) is 18.3. The summed E-state index contributed by atoms with van der Waals surface area (Å²) < 4.78 is 45.0. The fraction of sp³-hybridized carbons (Fsp3) is 0.0370. The molecule has 91 heavy (non-hydrogen) atoms. The molecule has 0 aliphatic heterocycles.